The van der Waals surface area contributed by atoms with Crippen LogP contribution in [0.1, 0.15) is 0 Å². The van der Waals surface area contributed by atoms with Crippen LogP contribution in [0.5, 0.6) is 0 Å². The van der Waals surface area contributed by atoms with E-state index in [0.29, 0.717) is 0 Å². The van der Waals surface area contributed by atoms with Crippen molar-refractivity contribution in [3.8, 4) is 33.4 Å². The summed E-state index contributed by atoms with van der Waals surface area (Å²) in [6.07, 6.45) is 0. The Hall–Kier alpha value is -6.44. The molecule has 0 radical (unpaired) electrons. The molecule has 0 atom stereocenters. The molecular formula is C48H33N. The maximum atomic E-state index is 2.46. The number of hydrogen-bond donors (Lipinski definition) is 0. The topological polar surface area (TPSA) is 3.24 Å². The molecule has 0 aromatic heterocycles. The van der Waals surface area contributed by atoms with Crippen LogP contribution in [-0.4, -0.2) is 0 Å². The molecule has 0 amide bonds. The Bertz CT molecular complexity index is 2580. The molecule has 0 N–H and O–H groups in total. The number of rotatable bonds is 6. The SMILES string of the molecule is c1ccc(-c2ccc(N(c3ccc(-c4cccc5ccccc45)cc3)c3cc4ccccc4c4ccccc34)c(-c3ccccc3)c2)cc1. The molecule has 9 rings (SSSR count). The highest BCUT2D eigenvalue weighted by Crippen LogP contribution is 2.46. The van der Waals surface area contributed by atoms with Crippen molar-refractivity contribution in [2.24, 2.45) is 0 Å². The van der Waals surface area contributed by atoms with Crippen LogP contribution in [0, 0.1) is 0 Å². The lowest BCUT2D eigenvalue weighted by atomic mass is 9.94. The fourth-order valence-electron chi connectivity index (χ4n) is 7.28. The average molecular weight is 624 g/mol. The number of anilines is 3. The second-order valence-electron chi connectivity index (χ2n) is 12.5. The molecule has 0 bridgehead atoms. The average Bonchev–Trinajstić information content (AvgIpc) is 3.19. The summed E-state index contributed by atoms with van der Waals surface area (Å²) in [5, 5.41) is 7.45. The van der Waals surface area contributed by atoms with Crippen molar-refractivity contribution >= 4 is 49.4 Å². The van der Waals surface area contributed by atoms with E-state index < -0.39 is 0 Å². The molecule has 1 nitrogen and oxygen atoms in total. The lowest BCUT2D eigenvalue weighted by molar-refractivity contribution is 1.30. The summed E-state index contributed by atoms with van der Waals surface area (Å²) in [4.78, 5) is 2.46. The Kier molecular flexibility index (Phi) is 7.22. The van der Waals surface area contributed by atoms with E-state index in [1.165, 1.54) is 65.7 Å². The molecule has 0 saturated heterocycles. The van der Waals surface area contributed by atoms with Gasteiger partial charge in [0.05, 0.1) is 11.4 Å². The summed E-state index contributed by atoms with van der Waals surface area (Å²) in [5.74, 6) is 0. The largest absolute Gasteiger partial charge is 0.309 e. The molecule has 0 aliphatic rings. The first-order chi connectivity index (χ1) is 24.3. The highest BCUT2D eigenvalue weighted by Gasteiger charge is 2.21. The Labute approximate surface area is 287 Å². The molecule has 9 aromatic rings. The minimum Gasteiger partial charge on any atom is -0.309 e. The lowest BCUT2D eigenvalue weighted by Gasteiger charge is -2.30. The van der Waals surface area contributed by atoms with E-state index in [-0.39, 0.29) is 0 Å². The van der Waals surface area contributed by atoms with Gasteiger partial charge < -0.3 is 4.90 Å². The van der Waals surface area contributed by atoms with Crippen molar-refractivity contribution in [1.82, 2.24) is 0 Å². The highest BCUT2D eigenvalue weighted by molar-refractivity contribution is 6.15. The van der Waals surface area contributed by atoms with Crippen LogP contribution < -0.4 is 4.90 Å². The van der Waals surface area contributed by atoms with Crippen LogP contribution in [-0.2, 0) is 0 Å². The van der Waals surface area contributed by atoms with Gasteiger partial charge in [0.2, 0.25) is 0 Å². The zero-order valence-electron chi connectivity index (χ0n) is 27.0. The number of benzene rings is 9. The maximum Gasteiger partial charge on any atom is 0.0546 e. The number of nitrogens with zero attached hydrogens (tertiary/aromatic N) is 1. The molecule has 1 heteroatoms. The zero-order valence-corrected chi connectivity index (χ0v) is 27.0. The summed E-state index contributed by atoms with van der Waals surface area (Å²) in [6.45, 7) is 0. The van der Waals surface area contributed by atoms with Crippen molar-refractivity contribution in [2.75, 3.05) is 4.90 Å². The van der Waals surface area contributed by atoms with Gasteiger partial charge >= 0.3 is 0 Å². The predicted molar refractivity (Wildman–Crippen MR) is 210 cm³/mol. The second-order valence-corrected chi connectivity index (χ2v) is 12.5. The third-order valence-electron chi connectivity index (χ3n) is 9.64. The molecule has 0 unspecified atom stereocenters. The lowest BCUT2D eigenvalue weighted by Crippen LogP contribution is -2.12. The monoisotopic (exact) mass is 623 g/mol. The summed E-state index contributed by atoms with van der Waals surface area (Å²) in [6, 6.07) is 72.5. The normalized spacial score (nSPS) is 11.3. The summed E-state index contributed by atoms with van der Waals surface area (Å²) >= 11 is 0. The van der Waals surface area contributed by atoms with Gasteiger partial charge in [-0.1, -0.05) is 170 Å². The van der Waals surface area contributed by atoms with Crippen LogP contribution >= 0.6 is 0 Å². The highest BCUT2D eigenvalue weighted by atomic mass is 15.1. The molecule has 230 valence electrons. The molecular weight excluding hydrogens is 591 g/mol. The number of hydrogen-bond acceptors (Lipinski definition) is 1. The van der Waals surface area contributed by atoms with Crippen LogP contribution in [0.15, 0.2) is 200 Å². The Morgan fingerprint density at radius 2 is 0.816 bits per heavy atom. The van der Waals surface area contributed by atoms with Crippen molar-refractivity contribution in [1.29, 1.82) is 0 Å². The fourth-order valence-corrected chi connectivity index (χ4v) is 7.28. The maximum absolute atomic E-state index is 2.46. The van der Waals surface area contributed by atoms with E-state index in [2.05, 4.69) is 205 Å². The summed E-state index contributed by atoms with van der Waals surface area (Å²) < 4.78 is 0. The fraction of sp³-hybridized carbons (Fsp3) is 0. The molecule has 0 spiro atoms. The predicted octanol–water partition coefficient (Wildman–Crippen LogP) is 13.6. The minimum absolute atomic E-state index is 1.11. The molecule has 49 heavy (non-hydrogen) atoms. The quantitative estimate of drug-likeness (QED) is 0.167. The third kappa shape index (κ3) is 5.23. The zero-order chi connectivity index (χ0) is 32.6. The van der Waals surface area contributed by atoms with Gasteiger partial charge in [-0.2, -0.15) is 0 Å². The molecule has 0 aliphatic heterocycles. The van der Waals surface area contributed by atoms with E-state index in [0.717, 1.165) is 17.1 Å². The molecule has 0 fully saturated rings. The molecule has 0 aliphatic carbocycles. The van der Waals surface area contributed by atoms with Gasteiger partial charge in [-0.25, -0.2) is 0 Å². The van der Waals surface area contributed by atoms with Gasteiger partial charge in [-0.05, 0) is 85.1 Å². The smallest absolute Gasteiger partial charge is 0.0546 e. The second kappa shape index (κ2) is 12.3. The van der Waals surface area contributed by atoms with E-state index >= 15 is 0 Å². The Balaban J connectivity index is 1.31. The van der Waals surface area contributed by atoms with Gasteiger partial charge in [0.1, 0.15) is 0 Å². The van der Waals surface area contributed by atoms with E-state index in [1.807, 2.05) is 0 Å². The summed E-state index contributed by atoms with van der Waals surface area (Å²) in [5.41, 5.74) is 10.6. The Morgan fingerprint density at radius 1 is 0.265 bits per heavy atom. The number of fused-ring (bicyclic) bond motifs is 4. The first kappa shape index (κ1) is 28.8. The van der Waals surface area contributed by atoms with E-state index in [9.17, 15) is 0 Å². The van der Waals surface area contributed by atoms with Gasteiger partial charge in [0.15, 0.2) is 0 Å². The standard InChI is InChI=1S/C48H33N/c1-3-14-34(15-4-1)38-28-31-47(46(32-38)36-16-5-2-6-17-36)49(48-33-39-19-8-10-22-43(39)44-23-11-12-24-45(44)48)40-29-26-37(27-30-40)42-25-13-20-35-18-7-9-21-41(35)42/h1-33H. The Morgan fingerprint density at radius 3 is 1.57 bits per heavy atom. The minimum atomic E-state index is 1.11. The summed E-state index contributed by atoms with van der Waals surface area (Å²) in [7, 11) is 0. The van der Waals surface area contributed by atoms with Crippen LogP contribution in [0.2, 0.25) is 0 Å². The van der Waals surface area contributed by atoms with Gasteiger partial charge in [0.25, 0.3) is 0 Å². The molecule has 9 aromatic carbocycles. The van der Waals surface area contributed by atoms with E-state index in [4.69, 9.17) is 0 Å². The van der Waals surface area contributed by atoms with Crippen molar-refractivity contribution in [3.63, 3.8) is 0 Å². The molecule has 0 saturated carbocycles. The van der Waals surface area contributed by atoms with Crippen molar-refractivity contribution in [2.45, 2.75) is 0 Å². The first-order valence-corrected chi connectivity index (χ1v) is 16.9. The van der Waals surface area contributed by atoms with Crippen LogP contribution in [0.4, 0.5) is 17.1 Å². The van der Waals surface area contributed by atoms with Gasteiger partial charge in [-0.15, -0.1) is 0 Å². The van der Waals surface area contributed by atoms with Crippen molar-refractivity contribution in [3.05, 3.63) is 200 Å². The van der Waals surface area contributed by atoms with Gasteiger partial charge in [-0.3, -0.25) is 0 Å². The molecule has 0 heterocycles. The third-order valence-corrected chi connectivity index (χ3v) is 9.64. The van der Waals surface area contributed by atoms with Crippen molar-refractivity contribution < 1.29 is 0 Å². The van der Waals surface area contributed by atoms with Crippen LogP contribution in [0.3, 0.4) is 0 Å². The van der Waals surface area contributed by atoms with E-state index in [1.54, 1.807) is 0 Å². The van der Waals surface area contributed by atoms with Gasteiger partial charge in [0, 0.05) is 16.6 Å². The van der Waals surface area contributed by atoms with Crippen LogP contribution in [0.25, 0.3) is 65.7 Å². The first-order valence-electron chi connectivity index (χ1n) is 16.9.